The number of furan rings is 1. The predicted octanol–water partition coefficient (Wildman–Crippen LogP) is 2.62. The van der Waals surface area contributed by atoms with Crippen molar-refractivity contribution in [2.45, 2.75) is 6.42 Å². The standard InChI is InChI=1S/C19H14N4O4S/c24-15(8-7-12-4-3-11-27-12)20-19-22-21-16(28-19)9-10-23-17(25)13-5-1-2-6-14(13)18(23)26/h1-8,11H,9-10H2,(H,20,22,24)/b8-7+. The minimum atomic E-state index is -0.362. The van der Waals surface area contributed by atoms with Gasteiger partial charge in [-0.25, -0.2) is 0 Å². The molecule has 4 rings (SSSR count). The molecule has 0 atom stereocenters. The van der Waals surface area contributed by atoms with Crippen molar-refractivity contribution in [1.82, 2.24) is 15.1 Å². The zero-order valence-corrected chi connectivity index (χ0v) is 15.3. The van der Waals surface area contributed by atoms with E-state index < -0.39 is 0 Å². The maximum absolute atomic E-state index is 12.3. The molecule has 0 spiro atoms. The Balaban J connectivity index is 1.34. The van der Waals surface area contributed by atoms with Crippen LogP contribution in [-0.2, 0) is 11.2 Å². The van der Waals surface area contributed by atoms with Crippen LogP contribution in [0, 0.1) is 0 Å². The maximum Gasteiger partial charge on any atom is 0.261 e. The lowest BCUT2D eigenvalue weighted by Gasteiger charge is -2.11. The average Bonchev–Trinajstić information content (AvgIpc) is 3.42. The van der Waals surface area contributed by atoms with Gasteiger partial charge in [0.2, 0.25) is 11.0 Å². The van der Waals surface area contributed by atoms with Gasteiger partial charge in [0.05, 0.1) is 17.4 Å². The smallest absolute Gasteiger partial charge is 0.261 e. The quantitative estimate of drug-likeness (QED) is 0.509. The van der Waals surface area contributed by atoms with E-state index in [1.807, 2.05) is 0 Å². The summed E-state index contributed by atoms with van der Waals surface area (Å²) in [5, 5.41) is 11.5. The minimum Gasteiger partial charge on any atom is -0.465 e. The first-order valence-electron chi connectivity index (χ1n) is 8.42. The third-order valence-electron chi connectivity index (χ3n) is 4.07. The van der Waals surface area contributed by atoms with Gasteiger partial charge in [0.15, 0.2) is 0 Å². The van der Waals surface area contributed by atoms with Crippen LogP contribution in [0.15, 0.2) is 53.2 Å². The highest BCUT2D eigenvalue weighted by Gasteiger charge is 2.34. The number of imide groups is 1. The molecule has 0 bridgehead atoms. The number of rotatable bonds is 6. The summed E-state index contributed by atoms with van der Waals surface area (Å²) in [6.45, 7) is 0.202. The van der Waals surface area contributed by atoms with Crippen molar-refractivity contribution < 1.29 is 18.8 Å². The Hall–Kier alpha value is -3.59. The number of fused-ring (bicyclic) bond motifs is 1. The van der Waals surface area contributed by atoms with Crippen LogP contribution in [0.3, 0.4) is 0 Å². The van der Waals surface area contributed by atoms with E-state index in [1.54, 1.807) is 42.5 Å². The molecule has 1 aliphatic heterocycles. The van der Waals surface area contributed by atoms with Gasteiger partial charge in [-0.15, -0.1) is 10.2 Å². The Morgan fingerprint density at radius 1 is 1.11 bits per heavy atom. The number of amides is 3. The van der Waals surface area contributed by atoms with Gasteiger partial charge in [-0.05, 0) is 30.3 Å². The van der Waals surface area contributed by atoms with E-state index in [-0.39, 0.29) is 24.3 Å². The Labute approximate surface area is 163 Å². The van der Waals surface area contributed by atoms with Gasteiger partial charge in [0.1, 0.15) is 10.8 Å². The van der Waals surface area contributed by atoms with E-state index in [0.717, 1.165) is 0 Å². The minimum absolute atomic E-state index is 0.202. The molecule has 3 amide bonds. The number of hydrogen-bond donors (Lipinski definition) is 1. The molecule has 0 radical (unpaired) electrons. The summed E-state index contributed by atoms with van der Waals surface area (Å²) in [4.78, 5) is 37.8. The Bertz CT molecular complexity index is 1040. The third kappa shape index (κ3) is 3.60. The van der Waals surface area contributed by atoms with Gasteiger partial charge in [-0.1, -0.05) is 23.5 Å². The van der Waals surface area contributed by atoms with Gasteiger partial charge < -0.3 is 4.42 Å². The number of carbonyl (C=O) groups excluding carboxylic acids is 3. The molecule has 0 aliphatic carbocycles. The second-order valence-corrected chi connectivity index (χ2v) is 6.96. The summed E-state index contributed by atoms with van der Waals surface area (Å²) < 4.78 is 5.11. The molecule has 1 N–H and O–H groups in total. The van der Waals surface area contributed by atoms with Crippen LogP contribution in [0.1, 0.15) is 31.5 Å². The number of anilines is 1. The van der Waals surface area contributed by atoms with Crippen LogP contribution in [0.25, 0.3) is 6.08 Å². The van der Waals surface area contributed by atoms with Crippen molar-refractivity contribution in [3.63, 3.8) is 0 Å². The maximum atomic E-state index is 12.3. The summed E-state index contributed by atoms with van der Waals surface area (Å²) in [7, 11) is 0. The molecule has 1 aromatic carbocycles. The highest BCUT2D eigenvalue weighted by Crippen LogP contribution is 2.23. The lowest BCUT2D eigenvalue weighted by Crippen LogP contribution is -2.31. The molecule has 1 aliphatic rings. The number of hydrogen-bond acceptors (Lipinski definition) is 7. The molecule has 28 heavy (non-hydrogen) atoms. The lowest BCUT2D eigenvalue weighted by molar-refractivity contribution is -0.111. The summed E-state index contributed by atoms with van der Waals surface area (Å²) in [6, 6.07) is 10.2. The van der Waals surface area contributed by atoms with Crippen molar-refractivity contribution >= 4 is 40.3 Å². The molecule has 9 heteroatoms. The Morgan fingerprint density at radius 3 is 2.54 bits per heavy atom. The zero-order chi connectivity index (χ0) is 19.5. The predicted molar refractivity (Wildman–Crippen MR) is 102 cm³/mol. The summed E-state index contributed by atoms with van der Waals surface area (Å²) in [6.07, 6.45) is 4.75. The van der Waals surface area contributed by atoms with Crippen LogP contribution >= 0.6 is 11.3 Å². The van der Waals surface area contributed by atoms with E-state index in [9.17, 15) is 14.4 Å². The second kappa shape index (κ2) is 7.57. The molecule has 8 nitrogen and oxygen atoms in total. The fraction of sp³-hybridized carbons (Fsp3) is 0.105. The van der Waals surface area contributed by atoms with Crippen molar-refractivity contribution in [3.8, 4) is 0 Å². The van der Waals surface area contributed by atoms with Crippen LogP contribution in [0.2, 0.25) is 0 Å². The third-order valence-corrected chi connectivity index (χ3v) is 4.97. The number of nitrogens with one attached hydrogen (secondary N) is 1. The molecular formula is C19H14N4O4S. The van der Waals surface area contributed by atoms with Crippen LogP contribution in [0.5, 0.6) is 0 Å². The second-order valence-electron chi connectivity index (χ2n) is 5.90. The molecule has 0 saturated carbocycles. The molecular weight excluding hydrogens is 380 g/mol. The van der Waals surface area contributed by atoms with Crippen molar-refractivity contribution in [3.05, 3.63) is 70.6 Å². The van der Waals surface area contributed by atoms with E-state index in [4.69, 9.17) is 4.42 Å². The van der Waals surface area contributed by atoms with E-state index in [0.29, 0.717) is 33.4 Å². The molecule has 0 unspecified atom stereocenters. The Morgan fingerprint density at radius 2 is 1.86 bits per heavy atom. The topological polar surface area (TPSA) is 105 Å². The summed E-state index contributed by atoms with van der Waals surface area (Å²) in [5.41, 5.74) is 0.835. The van der Waals surface area contributed by atoms with Gasteiger partial charge in [-0.2, -0.15) is 0 Å². The fourth-order valence-electron chi connectivity index (χ4n) is 2.75. The monoisotopic (exact) mass is 394 g/mol. The first-order valence-corrected chi connectivity index (χ1v) is 9.23. The summed E-state index contributed by atoms with van der Waals surface area (Å²) >= 11 is 1.19. The highest BCUT2D eigenvalue weighted by molar-refractivity contribution is 7.15. The number of carbonyl (C=O) groups is 3. The van der Waals surface area contributed by atoms with Crippen molar-refractivity contribution in [1.29, 1.82) is 0 Å². The normalized spacial score (nSPS) is 13.4. The number of benzene rings is 1. The van der Waals surface area contributed by atoms with Crippen molar-refractivity contribution in [2.24, 2.45) is 0 Å². The first kappa shape index (κ1) is 17.8. The molecule has 3 heterocycles. The van der Waals surface area contributed by atoms with Crippen LogP contribution in [0.4, 0.5) is 5.13 Å². The number of nitrogens with zero attached hydrogens (tertiary/aromatic N) is 3. The zero-order valence-electron chi connectivity index (χ0n) is 14.5. The van der Waals surface area contributed by atoms with Gasteiger partial charge in [0.25, 0.3) is 11.8 Å². The van der Waals surface area contributed by atoms with E-state index >= 15 is 0 Å². The largest absolute Gasteiger partial charge is 0.465 e. The average molecular weight is 394 g/mol. The SMILES string of the molecule is O=C(/C=C/c1ccco1)Nc1nnc(CCN2C(=O)c3ccccc3C2=O)s1. The van der Waals surface area contributed by atoms with Crippen molar-refractivity contribution in [2.75, 3.05) is 11.9 Å². The Kier molecular flexibility index (Phi) is 4.81. The van der Waals surface area contributed by atoms with Crippen LogP contribution in [-0.4, -0.2) is 39.4 Å². The van der Waals surface area contributed by atoms with Gasteiger partial charge in [-0.3, -0.25) is 24.6 Å². The highest BCUT2D eigenvalue weighted by atomic mass is 32.1. The molecule has 2 aromatic heterocycles. The molecule has 0 saturated heterocycles. The molecule has 140 valence electrons. The first-order chi connectivity index (χ1) is 13.6. The van der Waals surface area contributed by atoms with E-state index in [2.05, 4.69) is 15.5 Å². The van der Waals surface area contributed by atoms with Gasteiger partial charge in [0, 0.05) is 19.0 Å². The lowest BCUT2D eigenvalue weighted by atomic mass is 10.1. The number of aromatic nitrogens is 2. The summed E-state index contributed by atoms with van der Waals surface area (Å²) in [5.74, 6) is -0.406. The van der Waals surface area contributed by atoms with Crippen LogP contribution < -0.4 is 5.32 Å². The van der Waals surface area contributed by atoms with E-state index in [1.165, 1.54) is 28.6 Å². The van der Waals surface area contributed by atoms with Gasteiger partial charge >= 0.3 is 0 Å². The molecule has 0 fully saturated rings. The molecule has 3 aromatic rings. The fourth-order valence-corrected chi connectivity index (χ4v) is 3.48.